The van der Waals surface area contributed by atoms with Crippen LogP contribution in [-0.2, 0) is 0 Å². The fraction of sp³-hybridized carbons (Fsp3) is 0. The summed E-state index contributed by atoms with van der Waals surface area (Å²) in [5.74, 6) is 0. The summed E-state index contributed by atoms with van der Waals surface area (Å²) in [4.78, 5) is 4.54. The van der Waals surface area contributed by atoms with Crippen LogP contribution in [-0.4, -0.2) is 9.38 Å². The van der Waals surface area contributed by atoms with Crippen LogP contribution >= 0.6 is 27.5 Å². The highest BCUT2D eigenvalue weighted by Crippen LogP contribution is 2.29. The summed E-state index contributed by atoms with van der Waals surface area (Å²) < 4.78 is 2.95. The number of halogens is 2. The van der Waals surface area contributed by atoms with Crippen LogP contribution < -0.4 is 0 Å². The average molecular weight is 308 g/mol. The molecule has 3 aromatic rings. The molecule has 2 aromatic heterocycles. The highest BCUT2D eigenvalue weighted by atomic mass is 79.9. The molecule has 0 N–H and O–H groups in total. The van der Waals surface area contributed by atoms with Gasteiger partial charge in [-0.1, -0.05) is 39.7 Å². The van der Waals surface area contributed by atoms with Gasteiger partial charge in [0.05, 0.1) is 10.7 Å². The molecule has 4 heteroatoms. The lowest BCUT2D eigenvalue weighted by Gasteiger charge is -2.00. The molecule has 0 atom stereocenters. The molecule has 0 saturated heterocycles. The van der Waals surface area contributed by atoms with Gasteiger partial charge in [-0.25, -0.2) is 4.98 Å². The SMILES string of the molecule is Clc1cc(Br)ccc1-c1cn2ccccc2n1. The summed E-state index contributed by atoms with van der Waals surface area (Å²) >= 11 is 9.61. The van der Waals surface area contributed by atoms with Gasteiger partial charge < -0.3 is 4.40 Å². The first-order valence-electron chi connectivity index (χ1n) is 5.13. The van der Waals surface area contributed by atoms with Gasteiger partial charge in [0, 0.05) is 22.4 Å². The Morgan fingerprint density at radius 1 is 1.18 bits per heavy atom. The first-order chi connectivity index (χ1) is 8.24. The van der Waals surface area contributed by atoms with Gasteiger partial charge in [0.2, 0.25) is 0 Å². The topological polar surface area (TPSA) is 17.3 Å². The molecule has 3 rings (SSSR count). The van der Waals surface area contributed by atoms with Crippen molar-refractivity contribution in [2.75, 3.05) is 0 Å². The van der Waals surface area contributed by atoms with Crippen molar-refractivity contribution in [3.8, 4) is 11.3 Å². The number of imidazole rings is 1. The van der Waals surface area contributed by atoms with E-state index in [9.17, 15) is 0 Å². The van der Waals surface area contributed by atoms with Crippen molar-refractivity contribution < 1.29 is 0 Å². The van der Waals surface area contributed by atoms with Gasteiger partial charge in [0.15, 0.2) is 0 Å². The number of hydrogen-bond donors (Lipinski definition) is 0. The van der Waals surface area contributed by atoms with Crippen molar-refractivity contribution in [2.45, 2.75) is 0 Å². The van der Waals surface area contributed by atoms with Gasteiger partial charge >= 0.3 is 0 Å². The zero-order valence-electron chi connectivity index (χ0n) is 8.77. The van der Waals surface area contributed by atoms with Gasteiger partial charge in [-0.3, -0.25) is 0 Å². The molecule has 0 amide bonds. The lowest BCUT2D eigenvalue weighted by atomic mass is 10.2. The Balaban J connectivity index is 2.20. The second-order valence-electron chi connectivity index (χ2n) is 3.72. The molecule has 0 aliphatic heterocycles. The maximum absolute atomic E-state index is 6.21. The van der Waals surface area contributed by atoms with Crippen LogP contribution in [0.2, 0.25) is 5.02 Å². The Morgan fingerprint density at radius 2 is 2.06 bits per heavy atom. The molecule has 1 aromatic carbocycles. The molecule has 0 unspecified atom stereocenters. The number of fused-ring (bicyclic) bond motifs is 1. The molecular formula is C13H8BrClN2. The molecule has 0 bridgehead atoms. The van der Waals surface area contributed by atoms with E-state index in [0.29, 0.717) is 5.02 Å². The largest absolute Gasteiger partial charge is 0.306 e. The molecule has 0 aliphatic rings. The van der Waals surface area contributed by atoms with Gasteiger partial charge in [-0.2, -0.15) is 0 Å². The fourth-order valence-electron chi connectivity index (χ4n) is 1.76. The number of aromatic nitrogens is 2. The van der Waals surface area contributed by atoms with Gasteiger partial charge in [-0.15, -0.1) is 0 Å². The Kier molecular flexibility index (Phi) is 2.65. The van der Waals surface area contributed by atoms with Crippen LogP contribution in [0.25, 0.3) is 16.9 Å². The van der Waals surface area contributed by atoms with Gasteiger partial charge in [0.1, 0.15) is 5.65 Å². The standard InChI is InChI=1S/C13H8BrClN2/c14-9-4-5-10(11(15)7-9)12-8-17-6-2-1-3-13(17)16-12/h1-8H. The zero-order valence-corrected chi connectivity index (χ0v) is 11.1. The number of pyridine rings is 1. The van der Waals surface area contributed by atoms with Crippen LogP contribution in [0.1, 0.15) is 0 Å². The predicted molar refractivity (Wildman–Crippen MR) is 73.3 cm³/mol. The third-order valence-electron chi connectivity index (χ3n) is 2.57. The average Bonchev–Trinajstić information content (AvgIpc) is 2.72. The molecule has 0 fully saturated rings. The van der Waals surface area contributed by atoms with Gasteiger partial charge in [-0.05, 0) is 24.3 Å². The van der Waals surface area contributed by atoms with Gasteiger partial charge in [0.25, 0.3) is 0 Å². The van der Waals surface area contributed by atoms with E-state index in [2.05, 4.69) is 20.9 Å². The number of nitrogens with zero attached hydrogens (tertiary/aromatic N) is 2. The van der Waals surface area contributed by atoms with E-state index < -0.39 is 0 Å². The van der Waals surface area contributed by atoms with E-state index >= 15 is 0 Å². The fourth-order valence-corrected chi connectivity index (χ4v) is 2.53. The van der Waals surface area contributed by atoms with E-state index in [1.54, 1.807) is 0 Å². The van der Waals surface area contributed by atoms with Crippen molar-refractivity contribution in [1.29, 1.82) is 0 Å². The summed E-state index contributed by atoms with van der Waals surface area (Å²) in [6.45, 7) is 0. The van der Waals surface area contributed by atoms with E-state index in [4.69, 9.17) is 11.6 Å². The van der Waals surface area contributed by atoms with E-state index in [-0.39, 0.29) is 0 Å². The van der Waals surface area contributed by atoms with Crippen molar-refractivity contribution in [1.82, 2.24) is 9.38 Å². The summed E-state index contributed by atoms with van der Waals surface area (Å²) in [5, 5.41) is 0.697. The smallest absolute Gasteiger partial charge is 0.137 e. The van der Waals surface area contributed by atoms with Crippen LogP contribution in [0.3, 0.4) is 0 Å². The molecule has 2 nitrogen and oxygen atoms in total. The summed E-state index contributed by atoms with van der Waals surface area (Å²) in [6.07, 6.45) is 3.95. The quantitative estimate of drug-likeness (QED) is 0.650. The maximum atomic E-state index is 6.21. The minimum absolute atomic E-state index is 0.697. The monoisotopic (exact) mass is 306 g/mol. The highest BCUT2D eigenvalue weighted by molar-refractivity contribution is 9.10. The third-order valence-corrected chi connectivity index (χ3v) is 3.38. The van der Waals surface area contributed by atoms with E-state index in [1.807, 2.05) is 53.2 Å². The minimum atomic E-state index is 0.697. The molecular weight excluding hydrogens is 300 g/mol. The molecule has 84 valence electrons. The van der Waals surface area contributed by atoms with Crippen molar-refractivity contribution >= 4 is 33.2 Å². The second-order valence-corrected chi connectivity index (χ2v) is 5.04. The van der Waals surface area contributed by atoms with Crippen LogP contribution in [0, 0.1) is 0 Å². The third kappa shape index (κ3) is 1.96. The Morgan fingerprint density at radius 3 is 2.82 bits per heavy atom. The summed E-state index contributed by atoms with van der Waals surface area (Å²) in [6, 6.07) is 11.7. The normalized spacial score (nSPS) is 10.9. The lowest BCUT2D eigenvalue weighted by molar-refractivity contribution is 1.19. The first kappa shape index (κ1) is 10.8. The predicted octanol–water partition coefficient (Wildman–Crippen LogP) is 4.42. The molecule has 0 radical (unpaired) electrons. The minimum Gasteiger partial charge on any atom is -0.306 e. The summed E-state index contributed by atoms with van der Waals surface area (Å²) in [5.41, 5.74) is 2.74. The lowest BCUT2D eigenvalue weighted by Crippen LogP contribution is -1.79. The first-order valence-corrected chi connectivity index (χ1v) is 6.30. The molecule has 0 saturated carbocycles. The van der Waals surface area contributed by atoms with Crippen LogP contribution in [0.15, 0.2) is 53.3 Å². The van der Waals surface area contributed by atoms with Crippen molar-refractivity contribution in [3.63, 3.8) is 0 Å². The second kappa shape index (κ2) is 4.17. The molecule has 0 aliphatic carbocycles. The van der Waals surface area contributed by atoms with Crippen molar-refractivity contribution in [3.05, 3.63) is 58.3 Å². The van der Waals surface area contributed by atoms with Crippen LogP contribution in [0.4, 0.5) is 0 Å². The maximum Gasteiger partial charge on any atom is 0.137 e. The van der Waals surface area contributed by atoms with E-state index in [0.717, 1.165) is 21.4 Å². The Labute approximate surface area is 112 Å². The Hall–Kier alpha value is -1.32. The number of hydrogen-bond acceptors (Lipinski definition) is 1. The molecule has 0 spiro atoms. The van der Waals surface area contributed by atoms with Crippen LogP contribution in [0.5, 0.6) is 0 Å². The molecule has 2 heterocycles. The highest BCUT2D eigenvalue weighted by Gasteiger charge is 2.08. The molecule has 17 heavy (non-hydrogen) atoms. The number of benzene rings is 1. The summed E-state index contributed by atoms with van der Waals surface area (Å²) in [7, 11) is 0. The number of rotatable bonds is 1. The van der Waals surface area contributed by atoms with Crippen molar-refractivity contribution in [2.24, 2.45) is 0 Å². The Bertz CT molecular complexity index is 658. The van der Waals surface area contributed by atoms with E-state index in [1.165, 1.54) is 0 Å². The zero-order chi connectivity index (χ0) is 11.8.